The topological polar surface area (TPSA) is 178 Å². The van der Waals surface area contributed by atoms with Gasteiger partial charge >= 0.3 is 5.97 Å². The Morgan fingerprint density at radius 1 is 1.18 bits per heavy atom. The van der Waals surface area contributed by atoms with E-state index in [0.29, 0.717) is 29.3 Å². The number of carbonyl (C=O) groups is 2. The number of nitro groups is 2. The zero-order valence-corrected chi connectivity index (χ0v) is 20.9. The van der Waals surface area contributed by atoms with E-state index in [1.807, 2.05) is 0 Å². The molecule has 0 spiro atoms. The van der Waals surface area contributed by atoms with Gasteiger partial charge < -0.3 is 20.1 Å². The summed E-state index contributed by atoms with van der Waals surface area (Å²) in [4.78, 5) is 52.5. The quantitative estimate of drug-likeness (QED) is 0.0628. The normalized spacial score (nSPS) is 19.2. The lowest BCUT2D eigenvalue weighted by Gasteiger charge is -2.44. The van der Waals surface area contributed by atoms with Gasteiger partial charge in [0.25, 0.3) is 11.4 Å². The molecule has 0 saturated carbocycles. The number of amides is 1. The minimum absolute atomic E-state index is 0.0161. The molecule has 1 unspecified atom stereocenters. The average Bonchev–Trinajstić information content (AvgIpc) is 3.20. The van der Waals surface area contributed by atoms with Gasteiger partial charge in [-0.05, 0) is 31.2 Å². The summed E-state index contributed by atoms with van der Waals surface area (Å²) in [5.74, 6) is -1.15. The summed E-state index contributed by atoms with van der Waals surface area (Å²) in [6, 6.07) is 10.6. The fourth-order valence-electron chi connectivity index (χ4n) is 4.23. The maximum Gasteiger partial charge on any atom is 0.361 e. The second-order valence-electron chi connectivity index (χ2n) is 8.49. The Morgan fingerprint density at radius 3 is 2.37 bits per heavy atom. The van der Waals surface area contributed by atoms with Crippen LogP contribution in [-0.2, 0) is 9.59 Å². The van der Waals surface area contributed by atoms with Crippen LogP contribution in [0.4, 0.5) is 17.1 Å². The van der Waals surface area contributed by atoms with Crippen molar-refractivity contribution in [1.29, 1.82) is 0 Å². The number of non-ortho nitro benzene ring substituents is 2. The molecule has 2 aromatic rings. The first kappa shape index (κ1) is 26.8. The van der Waals surface area contributed by atoms with E-state index in [1.165, 1.54) is 66.3 Å². The molecular weight excluding hydrogens is 518 g/mol. The number of carbonyl (C=O) groups excluding carboxylic acids is 2. The highest BCUT2D eigenvalue weighted by molar-refractivity contribution is 8.03. The molecule has 2 heterocycles. The number of rotatable bonds is 11. The van der Waals surface area contributed by atoms with E-state index in [4.69, 9.17) is 4.74 Å². The zero-order valence-electron chi connectivity index (χ0n) is 20.1. The average molecular weight is 542 g/mol. The Kier molecular flexibility index (Phi) is 8.02. The van der Waals surface area contributed by atoms with Gasteiger partial charge in [0, 0.05) is 47.0 Å². The summed E-state index contributed by atoms with van der Waals surface area (Å²) < 4.78 is 5.41. The number of benzene rings is 2. The van der Waals surface area contributed by atoms with Crippen LogP contribution in [0.1, 0.15) is 13.3 Å². The number of β-lactam (4-membered cyclic amide) rings is 1. The van der Waals surface area contributed by atoms with Crippen LogP contribution in [0.2, 0.25) is 0 Å². The lowest BCUT2D eigenvalue weighted by atomic mass is 9.83. The van der Waals surface area contributed by atoms with Crippen molar-refractivity contribution in [1.82, 2.24) is 4.90 Å². The van der Waals surface area contributed by atoms with E-state index in [1.54, 1.807) is 12.1 Å². The van der Waals surface area contributed by atoms with E-state index >= 15 is 0 Å². The van der Waals surface area contributed by atoms with Crippen molar-refractivity contribution in [3.8, 4) is 5.75 Å². The third-order valence-electron chi connectivity index (χ3n) is 6.04. The fourth-order valence-corrected chi connectivity index (χ4v) is 5.28. The first-order valence-corrected chi connectivity index (χ1v) is 12.5. The molecule has 13 nitrogen and oxygen atoms in total. The molecule has 3 atom stereocenters. The second kappa shape index (κ2) is 11.4. The molecule has 1 fully saturated rings. The monoisotopic (exact) mass is 541 g/mol. The number of esters is 1. The van der Waals surface area contributed by atoms with Crippen molar-refractivity contribution >= 4 is 47.0 Å². The van der Waals surface area contributed by atoms with E-state index in [0.717, 1.165) is 0 Å². The fraction of sp³-hybridized carbons (Fsp3) is 0.292. The van der Waals surface area contributed by atoms with E-state index in [9.17, 15) is 34.9 Å². The number of thioether (sulfide) groups is 1. The molecule has 1 saturated heterocycles. The molecule has 38 heavy (non-hydrogen) atoms. The van der Waals surface area contributed by atoms with Gasteiger partial charge in [0.15, 0.2) is 0 Å². The SMILES string of the molecule is CC(O)[C@H]1C(=O)N2C(C(=O)Oc3ccc([N+](=O)[O-])cc3)=C(SCCN=CNc3ccc([N+](=O)[O-])cc3)C[C@H]12. The largest absolute Gasteiger partial charge is 0.422 e. The molecular formula is C24H23N5O8S. The third-order valence-corrected chi connectivity index (χ3v) is 7.13. The number of nitrogens with one attached hydrogen (secondary N) is 1. The Morgan fingerprint density at radius 2 is 1.79 bits per heavy atom. The first-order valence-electron chi connectivity index (χ1n) is 11.5. The Balaban J connectivity index is 1.39. The Hall–Kier alpha value is -4.30. The second-order valence-corrected chi connectivity index (χ2v) is 9.68. The predicted molar refractivity (Wildman–Crippen MR) is 139 cm³/mol. The number of hydrogen-bond donors (Lipinski definition) is 2. The number of hydrogen-bond acceptors (Lipinski definition) is 10. The minimum atomic E-state index is -0.866. The van der Waals surface area contributed by atoms with E-state index in [-0.39, 0.29) is 34.8 Å². The van der Waals surface area contributed by atoms with Crippen LogP contribution in [0, 0.1) is 26.1 Å². The molecule has 4 rings (SSSR count). The molecule has 2 aromatic carbocycles. The summed E-state index contributed by atoms with van der Waals surface area (Å²) in [6.45, 7) is 1.91. The van der Waals surface area contributed by atoms with Gasteiger partial charge in [0.1, 0.15) is 11.4 Å². The van der Waals surface area contributed by atoms with Gasteiger partial charge in [-0.25, -0.2) is 4.79 Å². The molecule has 1 amide bonds. The number of nitro benzene ring substituents is 2. The minimum Gasteiger partial charge on any atom is -0.422 e. The van der Waals surface area contributed by atoms with Gasteiger partial charge in [-0.1, -0.05) is 0 Å². The molecule has 0 aromatic heterocycles. The third kappa shape index (κ3) is 5.65. The summed E-state index contributed by atoms with van der Waals surface area (Å²) >= 11 is 1.35. The standard InChI is InChI=1S/C24H23N5O8S/c1-14(30)21-19-12-20(38-11-10-25-13-26-15-2-4-16(5-3-15)28(33)34)22(27(19)23(21)31)24(32)37-18-8-6-17(7-9-18)29(35)36/h2-9,13-14,19,21,30H,10-12H2,1H3,(H,25,26)/t14?,19-,21-/m1/s1. The smallest absolute Gasteiger partial charge is 0.361 e. The van der Waals surface area contributed by atoms with Crippen molar-refractivity contribution in [3.63, 3.8) is 0 Å². The van der Waals surface area contributed by atoms with Crippen LogP contribution in [0.5, 0.6) is 5.75 Å². The number of anilines is 1. The molecule has 0 aliphatic carbocycles. The van der Waals surface area contributed by atoms with Crippen LogP contribution >= 0.6 is 11.8 Å². The number of aliphatic imine (C=N–C) groups is 1. The van der Waals surface area contributed by atoms with Gasteiger partial charge in [-0.15, -0.1) is 11.8 Å². The summed E-state index contributed by atoms with van der Waals surface area (Å²) in [7, 11) is 0. The number of fused-ring (bicyclic) bond motifs is 1. The first-order chi connectivity index (χ1) is 18.2. The van der Waals surface area contributed by atoms with Crippen molar-refractivity contribution in [3.05, 3.63) is 79.4 Å². The predicted octanol–water partition coefficient (Wildman–Crippen LogP) is 3.11. The summed E-state index contributed by atoms with van der Waals surface area (Å²) in [6.07, 6.45) is 0.992. The zero-order chi connectivity index (χ0) is 27.4. The molecule has 198 valence electrons. The van der Waals surface area contributed by atoms with Gasteiger partial charge in [-0.2, -0.15) is 0 Å². The Labute approximate surface area is 220 Å². The van der Waals surface area contributed by atoms with Crippen molar-refractivity contribution in [2.45, 2.75) is 25.5 Å². The lowest BCUT2D eigenvalue weighted by Crippen LogP contribution is -2.62. The lowest BCUT2D eigenvalue weighted by molar-refractivity contribution is -0.385. The highest BCUT2D eigenvalue weighted by atomic mass is 32.2. The number of ether oxygens (including phenoxy) is 1. The number of nitrogens with zero attached hydrogens (tertiary/aromatic N) is 4. The van der Waals surface area contributed by atoms with Crippen LogP contribution < -0.4 is 10.1 Å². The maximum absolute atomic E-state index is 13.0. The molecule has 0 radical (unpaired) electrons. The number of aliphatic hydroxyl groups excluding tert-OH is 1. The Bertz CT molecular complexity index is 1310. The van der Waals surface area contributed by atoms with Crippen LogP contribution in [0.15, 0.2) is 64.1 Å². The van der Waals surface area contributed by atoms with Gasteiger partial charge in [0.2, 0.25) is 5.91 Å². The molecule has 0 bridgehead atoms. The van der Waals surface area contributed by atoms with Crippen LogP contribution in [0.25, 0.3) is 0 Å². The highest BCUT2D eigenvalue weighted by Gasteiger charge is 2.57. The molecule has 2 aliphatic heterocycles. The molecule has 2 aliphatic rings. The van der Waals surface area contributed by atoms with Crippen LogP contribution in [-0.4, -0.2) is 62.5 Å². The maximum atomic E-state index is 13.0. The van der Waals surface area contributed by atoms with Crippen molar-refractivity contribution in [2.24, 2.45) is 10.9 Å². The number of aliphatic hydroxyl groups is 1. The highest BCUT2D eigenvalue weighted by Crippen LogP contribution is 2.47. The van der Waals surface area contributed by atoms with Crippen molar-refractivity contribution < 1.29 is 29.3 Å². The summed E-state index contributed by atoms with van der Waals surface area (Å²) in [5, 5.41) is 34.5. The molecule has 14 heteroatoms. The van der Waals surface area contributed by atoms with Gasteiger partial charge in [-0.3, -0.25) is 30.0 Å². The summed E-state index contributed by atoms with van der Waals surface area (Å²) in [5.41, 5.74) is 0.572. The van der Waals surface area contributed by atoms with E-state index < -0.39 is 27.8 Å². The molecule has 2 N–H and O–H groups in total. The van der Waals surface area contributed by atoms with Crippen LogP contribution in [0.3, 0.4) is 0 Å². The van der Waals surface area contributed by atoms with E-state index in [2.05, 4.69) is 10.3 Å². The van der Waals surface area contributed by atoms with Crippen molar-refractivity contribution in [2.75, 3.05) is 17.6 Å². The van der Waals surface area contributed by atoms with Gasteiger partial charge in [0.05, 0.1) is 40.8 Å².